The largest absolute Gasteiger partial charge is 0.396 e. The first-order valence-electron chi connectivity index (χ1n) is 5.44. The van der Waals surface area contributed by atoms with E-state index in [9.17, 15) is 0 Å². The van der Waals surface area contributed by atoms with E-state index in [1.807, 2.05) is 0 Å². The van der Waals surface area contributed by atoms with E-state index in [-0.39, 0.29) is 0 Å². The van der Waals surface area contributed by atoms with Gasteiger partial charge < -0.3 is 5.11 Å². The quantitative estimate of drug-likeness (QED) is 0.608. The minimum absolute atomic E-state index is 0.361. The molecule has 0 aliphatic rings. The Morgan fingerprint density at radius 2 is 1.17 bits per heavy atom. The fourth-order valence-electron chi connectivity index (χ4n) is 0.892. The van der Waals surface area contributed by atoms with Gasteiger partial charge in [0.25, 0.3) is 0 Å². The number of rotatable bonds is 6. The van der Waals surface area contributed by atoms with E-state index >= 15 is 0 Å². The van der Waals surface area contributed by atoms with Gasteiger partial charge in [-0.15, -0.1) is 0 Å². The third-order valence-electron chi connectivity index (χ3n) is 1.72. The number of hydrogen-bond donors (Lipinski definition) is 1. The van der Waals surface area contributed by atoms with Gasteiger partial charge >= 0.3 is 0 Å². The zero-order chi connectivity index (χ0) is 9.66. The summed E-state index contributed by atoms with van der Waals surface area (Å²) in [5.41, 5.74) is 0. The van der Waals surface area contributed by atoms with E-state index < -0.39 is 0 Å². The minimum Gasteiger partial charge on any atom is -0.396 e. The molecule has 0 bridgehead atoms. The molecule has 0 aromatic rings. The smallest absolute Gasteiger partial charge is 0.0431 e. The first-order chi connectivity index (χ1) is 5.83. The van der Waals surface area contributed by atoms with Crippen molar-refractivity contribution in [3.63, 3.8) is 0 Å². The zero-order valence-electron chi connectivity index (χ0n) is 9.10. The average molecular weight is 174 g/mol. The SMILES string of the molecule is CCCCC.CCCCCCO. The lowest BCUT2D eigenvalue weighted by Gasteiger charge is -1.90. The molecule has 1 N–H and O–H groups in total. The van der Waals surface area contributed by atoms with Gasteiger partial charge in [-0.2, -0.15) is 0 Å². The molecule has 0 atom stereocenters. The van der Waals surface area contributed by atoms with Gasteiger partial charge in [-0.3, -0.25) is 0 Å². The zero-order valence-corrected chi connectivity index (χ0v) is 9.10. The fraction of sp³-hybridized carbons (Fsp3) is 1.00. The van der Waals surface area contributed by atoms with Crippen LogP contribution in [0.15, 0.2) is 0 Å². The fourth-order valence-corrected chi connectivity index (χ4v) is 0.892. The Hall–Kier alpha value is -0.0400. The van der Waals surface area contributed by atoms with Crippen molar-refractivity contribution in [1.29, 1.82) is 0 Å². The van der Waals surface area contributed by atoms with Crippen LogP contribution in [0.4, 0.5) is 0 Å². The van der Waals surface area contributed by atoms with Gasteiger partial charge in [0.15, 0.2) is 0 Å². The summed E-state index contributed by atoms with van der Waals surface area (Å²) in [5, 5.41) is 8.29. The molecule has 0 fully saturated rings. The van der Waals surface area contributed by atoms with Crippen LogP contribution in [-0.4, -0.2) is 11.7 Å². The van der Waals surface area contributed by atoms with Gasteiger partial charge in [0, 0.05) is 6.61 Å². The van der Waals surface area contributed by atoms with Crippen molar-refractivity contribution in [2.45, 2.75) is 65.7 Å². The Labute approximate surface area is 78.2 Å². The third kappa shape index (κ3) is 22.5. The molecule has 0 aliphatic heterocycles. The molecule has 1 heteroatoms. The van der Waals surface area contributed by atoms with Crippen LogP contribution in [0.25, 0.3) is 0 Å². The van der Waals surface area contributed by atoms with Crippen LogP contribution in [0.5, 0.6) is 0 Å². The lowest BCUT2D eigenvalue weighted by atomic mass is 10.2. The van der Waals surface area contributed by atoms with Crippen molar-refractivity contribution in [2.24, 2.45) is 0 Å². The summed E-state index contributed by atoms with van der Waals surface area (Å²) in [6, 6.07) is 0. The topological polar surface area (TPSA) is 20.2 Å². The third-order valence-corrected chi connectivity index (χ3v) is 1.72. The Kier molecular flexibility index (Phi) is 20.7. The van der Waals surface area contributed by atoms with Crippen molar-refractivity contribution in [2.75, 3.05) is 6.61 Å². The van der Waals surface area contributed by atoms with E-state index in [2.05, 4.69) is 20.8 Å². The molecule has 0 unspecified atom stereocenters. The summed E-state index contributed by atoms with van der Waals surface area (Å²) in [6.07, 6.45) is 8.76. The first-order valence-corrected chi connectivity index (χ1v) is 5.44. The maximum atomic E-state index is 8.29. The lowest BCUT2D eigenvalue weighted by molar-refractivity contribution is 0.283. The van der Waals surface area contributed by atoms with Gasteiger partial charge in [-0.25, -0.2) is 0 Å². The second-order valence-electron chi connectivity index (χ2n) is 3.14. The maximum absolute atomic E-state index is 8.29. The van der Waals surface area contributed by atoms with Gasteiger partial charge in [0.2, 0.25) is 0 Å². The van der Waals surface area contributed by atoms with E-state index in [1.54, 1.807) is 0 Å². The maximum Gasteiger partial charge on any atom is 0.0431 e. The standard InChI is InChI=1S/C6H14O.C5H12/c1-2-3-4-5-6-7;1-3-5-4-2/h7H,2-6H2,1H3;3-5H2,1-2H3. The first kappa shape index (κ1) is 14.5. The van der Waals surface area contributed by atoms with E-state index in [0.717, 1.165) is 6.42 Å². The predicted molar refractivity (Wildman–Crippen MR) is 56.4 cm³/mol. The van der Waals surface area contributed by atoms with Gasteiger partial charge in [-0.05, 0) is 6.42 Å². The summed E-state index contributed by atoms with van der Waals surface area (Å²) in [4.78, 5) is 0. The lowest BCUT2D eigenvalue weighted by Crippen LogP contribution is -1.80. The average Bonchev–Trinajstić information content (AvgIpc) is 2.08. The monoisotopic (exact) mass is 174 g/mol. The normalized spacial score (nSPS) is 9.00. The molecule has 0 spiro atoms. The molecule has 0 aromatic carbocycles. The molecular weight excluding hydrogens is 148 g/mol. The molecule has 0 amide bonds. The molecule has 0 rings (SSSR count). The molecular formula is C11H26O. The molecule has 0 aliphatic carbocycles. The molecule has 0 saturated carbocycles. The van der Waals surface area contributed by atoms with Crippen LogP contribution in [0, 0.1) is 0 Å². The van der Waals surface area contributed by atoms with Gasteiger partial charge in [0.05, 0.1) is 0 Å². The summed E-state index contributed by atoms with van der Waals surface area (Å²) in [5.74, 6) is 0. The second-order valence-corrected chi connectivity index (χ2v) is 3.14. The Balaban J connectivity index is 0. The minimum atomic E-state index is 0.361. The van der Waals surface area contributed by atoms with E-state index in [0.29, 0.717) is 6.61 Å². The number of aliphatic hydroxyl groups is 1. The highest BCUT2D eigenvalue weighted by molar-refractivity contribution is 4.35. The van der Waals surface area contributed by atoms with Crippen LogP contribution in [0.1, 0.15) is 65.7 Å². The highest BCUT2D eigenvalue weighted by Gasteiger charge is 1.80. The Morgan fingerprint density at radius 1 is 0.667 bits per heavy atom. The number of unbranched alkanes of at least 4 members (excludes halogenated alkanes) is 5. The van der Waals surface area contributed by atoms with Crippen molar-refractivity contribution >= 4 is 0 Å². The van der Waals surface area contributed by atoms with E-state index in [4.69, 9.17) is 5.11 Å². The molecule has 0 aromatic heterocycles. The van der Waals surface area contributed by atoms with E-state index in [1.165, 1.54) is 38.5 Å². The van der Waals surface area contributed by atoms with Crippen molar-refractivity contribution < 1.29 is 5.11 Å². The molecule has 0 heterocycles. The molecule has 0 saturated heterocycles. The van der Waals surface area contributed by atoms with Crippen LogP contribution < -0.4 is 0 Å². The van der Waals surface area contributed by atoms with Crippen LogP contribution in [0.3, 0.4) is 0 Å². The summed E-state index contributed by atoms with van der Waals surface area (Å²) >= 11 is 0. The van der Waals surface area contributed by atoms with Gasteiger partial charge in [0.1, 0.15) is 0 Å². The Bertz CT molecular complexity index is 47.0. The van der Waals surface area contributed by atoms with Crippen molar-refractivity contribution in [3.05, 3.63) is 0 Å². The molecule has 12 heavy (non-hydrogen) atoms. The highest BCUT2D eigenvalue weighted by atomic mass is 16.2. The van der Waals surface area contributed by atoms with Gasteiger partial charge in [-0.1, -0.05) is 59.3 Å². The number of hydrogen-bond acceptors (Lipinski definition) is 1. The predicted octanol–water partition coefficient (Wildman–Crippen LogP) is 3.76. The summed E-state index contributed by atoms with van der Waals surface area (Å²) in [7, 11) is 0. The molecule has 1 nitrogen and oxygen atoms in total. The summed E-state index contributed by atoms with van der Waals surface area (Å²) < 4.78 is 0. The summed E-state index contributed by atoms with van der Waals surface area (Å²) in [6.45, 7) is 6.95. The molecule has 76 valence electrons. The van der Waals surface area contributed by atoms with Crippen molar-refractivity contribution in [3.8, 4) is 0 Å². The highest BCUT2D eigenvalue weighted by Crippen LogP contribution is 1.96. The van der Waals surface area contributed by atoms with Crippen LogP contribution in [-0.2, 0) is 0 Å². The second kappa shape index (κ2) is 17.2. The van der Waals surface area contributed by atoms with Crippen LogP contribution >= 0.6 is 0 Å². The number of aliphatic hydroxyl groups excluding tert-OH is 1. The van der Waals surface area contributed by atoms with Crippen molar-refractivity contribution in [1.82, 2.24) is 0 Å². The Morgan fingerprint density at radius 3 is 1.42 bits per heavy atom. The van der Waals surface area contributed by atoms with Crippen LogP contribution in [0.2, 0.25) is 0 Å². The molecule has 0 radical (unpaired) electrons.